The third-order valence-electron chi connectivity index (χ3n) is 2.87. The van der Waals surface area contributed by atoms with Crippen molar-refractivity contribution in [1.82, 2.24) is 10.2 Å². The van der Waals surface area contributed by atoms with Gasteiger partial charge in [-0.05, 0) is 37.6 Å². The molecule has 0 aliphatic rings. The Hall–Kier alpha value is -2.07. The molecule has 7 nitrogen and oxygen atoms in total. The van der Waals surface area contributed by atoms with Gasteiger partial charge < -0.3 is 4.74 Å². The van der Waals surface area contributed by atoms with E-state index in [0.717, 1.165) is 11.3 Å². The van der Waals surface area contributed by atoms with Gasteiger partial charge in [0.1, 0.15) is 11.6 Å². The molecule has 2 aromatic rings. The van der Waals surface area contributed by atoms with E-state index in [0.29, 0.717) is 12.2 Å². The van der Waals surface area contributed by atoms with Crippen LogP contribution in [0.1, 0.15) is 20.3 Å². The molecule has 1 amide bonds. The fourth-order valence-corrected chi connectivity index (χ4v) is 4.07. The van der Waals surface area contributed by atoms with Crippen LogP contribution in [0.4, 0.5) is 9.52 Å². The number of aromatic nitrogens is 2. The second-order valence-corrected chi connectivity index (χ2v) is 8.16. The minimum Gasteiger partial charge on any atom is -0.481 e. The maximum atomic E-state index is 12.8. The van der Waals surface area contributed by atoms with Crippen molar-refractivity contribution in [2.24, 2.45) is 0 Å². The molecule has 0 saturated carbocycles. The van der Waals surface area contributed by atoms with Crippen LogP contribution < -0.4 is 10.1 Å². The minimum atomic E-state index is -3.47. The van der Waals surface area contributed by atoms with E-state index in [1.54, 1.807) is 6.92 Å². The lowest BCUT2D eigenvalue weighted by Crippen LogP contribution is -2.30. The summed E-state index contributed by atoms with van der Waals surface area (Å²) in [5.41, 5.74) is 0. The normalized spacial score (nSPS) is 12.6. The van der Waals surface area contributed by atoms with Crippen LogP contribution in [0, 0.1) is 5.82 Å². The van der Waals surface area contributed by atoms with E-state index in [4.69, 9.17) is 4.74 Å². The summed E-state index contributed by atoms with van der Waals surface area (Å²) in [6.07, 6.45) is -0.415. The van der Waals surface area contributed by atoms with Gasteiger partial charge in [-0.15, -0.1) is 10.2 Å². The maximum absolute atomic E-state index is 12.8. The standard InChI is InChI=1S/C14H16FN3O4S2/c1-3-8-24(20,21)14-18-17-13(23-14)16-12(19)9(2)22-11-6-4-10(15)5-7-11/h4-7,9H,3,8H2,1-2H3,(H,16,17,19)/t9-/m0/s1. The Kier molecular flexibility index (Phi) is 5.84. The molecule has 1 aromatic heterocycles. The van der Waals surface area contributed by atoms with Gasteiger partial charge in [-0.1, -0.05) is 18.3 Å². The number of nitrogens with zero attached hydrogens (tertiary/aromatic N) is 2. The molecule has 0 aliphatic heterocycles. The van der Waals surface area contributed by atoms with Crippen LogP contribution in [0.2, 0.25) is 0 Å². The summed E-state index contributed by atoms with van der Waals surface area (Å²) in [5.74, 6) is -0.619. The molecular formula is C14H16FN3O4S2. The number of hydrogen-bond donors (Lipinski definition) is 1. The third kappa shape index (κ3) is 4.71. The molecule has 0 fully saturated rings. The van der Waals surface area contributed by atoms with Gasteiger partial charge in [-0.3, -0.25) is 10.1 Å². The second-order valence-electron chi connectivity index (χ2n) is 4.90. The van der Waals surface area contributed by atoms with Gasteiger partial charge in [-0.25, -0.2) is 12.8 Å². The number of amides is 1. The van der Waals surface area contributed by atoms with Crippen LogP contribution in [0.15, 0.2) is 28.6 Å². The minimum absolute atomic E-state index is 0.0281. The molecule has 1 heterocycles. The van der Waals surface area contributed by atoms with Gasteiger partial charge in [0.25, 0.3) is 5.91 Å². The molecule has 2 rings (SSSR count). The molecule has 0 saturated heterocycles. The van der Waals surface area contributed by atoms with E-state index < -0.39 is 27.7 Å². The number of anilines is 1. The number of halogens is 1. The average Bonchev–Trinajstić information content (AvgIpc) is 2.99. The summed E-state index contributed by atoms with van der Waals surface area (Å²) in [6.45, 7) is 3.25. The predicted molar refractivity (Wildman–Crippen MR) is 87.4 cm³/mol. The Morgan fingerprint density at radius 2 is 2.00 bits per heavy atom. The zero-order valence-electron chi connectivity index (χ0n) is 13.0. The lowest BCUT2D eigenvalue weighted by atomic mass is 10.3. The van der Waals surface area contributed by atoms with Crippen molar-refractivity contribution in [3.8, 4) is 5.75 Å². The zero-order valence-corrected chi connectivity index (χ0v) is 14.7. The van der Waals surface area contributed by atoms with Crippen molar-refractivity contribution in [2.75, 3.05) is 11.1 Å². The highest BCUT2D eigenvalue weighted by atomic mass is 32.2. The first-order valence-corrected chi connectivity index (χ1v) is 9.58. The van der Waals surface area contributed by atoms with Crippen LogP contribution in [0.25, 0.3) is 0 Å². The Bertz CT molecular complexity index is 806. The van der Waals surface area contributed by atoms with Gasteiger partial charge in [0.05, 0.1) is 5.75 Å². The number of nitrogens with one attached hydrogen (secondary N) is 1. The Labute approximate surface area is 142 Å². The SMILES string of the molecule is CCCS(=O)(=O)c1nnc(NC(=O)[C@H](C)Oc2ccc(F)cc2)s1. The van der Waals surface area contributed by atoms with Gasteiger partial charge >= 0.3 is 0 Å². The highest BCUT2D eigenvalue weighted by molar-refractivity contribution is 7.93. The largest absolute Gasteiger partial charge is 0.481 e. The molecule has 1 atom stereocenters. The quantitative estimate of drug-likeness (QED) is 0.748. The summed E-state index contributed by atoms with van der Waals surface area (Å²) in [7, 11) is -3.47. The van der Waals surface area contributed by atoms with E-state index in [1.165, 1.54) is 31.2 Å². The van der Waals surface area contributed by atoms with Gasteiger partial charge in [-0.2, -0.15) is 0 Å². The van der Waals surface area contributed by atoms with E-state index in [-0.39, 0.29) is 15.2 Å². The zero-order chi connectivity index (χ0) is 17.7. The molecule has 10 heteroatoms. The molecule has 0 spiro atoms. The molecule has 0 aliphatic carbocycles. The van der Waals surface area contributed by atoms with Crippen LogP contribution in [-0.2, 0) is 14.6 Å². The number of benzene rings is 1. The van der Waals surface area contributed by atoms with Gasteiger partial charge in [0.2, 0.25) is 19.3 Å². The van der Waals surface area contributed by atoms with Crippen molar-refractivity contribution in [2.45, 2.75) is 30.7 Å². The first-order valence-electron chi connectivity index (χ1n) is 7.11. The monoisotopic (exact) mass is 373 g/mol. The highest BCUT2D eigenvalue weighted by Crippen LogP contribution is 2.22. The number of carbonyl (C=O) groups excluding carboxylic acids is 1. The van der Waals surface area contributed by atoms with Crippen molar-refractivity contribution in [1.29, 1.82) is 0 Å². The Morgan fingerprint density at radius 1 is 1.33 bits per heavy atom. The lowest BCUT2D eigenvalue weighted by molar-refractivity contribution is -0.122. The smallest absolute Gasteiger partial charge is 0.266 e. The van der Waals surface area contributed by atoms with E-state index in [2.05, 4.69) is 15.5 Å². The topological polar surface area (TPSA) is 98.3 Å². The van der Waals surface area contributed by atoms with Gasteiger partial charge in [0, 0.05) is 0 Å². The highest BCUT2D eigenvalue weighted by Gasteiger charge is 2.22. The number of ether oxygens (including phenoxy) is 1. The Balaban J connectivity index is 1.99. The number of sulfone groups is 1. The summed E-state index contributed by atoms with van der Waals surface area (Å²) in [6, 6.07) is 5.24. The molecule has 0 bridgehead atoms. The first kappa shape index (κ1) is 18.3. The third-order valence-corrected chi connectivity index (χ3v) is 6.08. The summed E-state index contributed by atoms with van der Waals surface area (Å²) in [5, 5.41) is 9.78. The molecule has 0 radical (unpaired) electrons. The van der Waals surface area contributed by atoms with Crippen molar-refractivity contribution in [3.05, 3.63) is 30.1 Å². The summed E-state index contributed by atoms with van der Waals surface area (Å²) < 4.78 is 41.8. The second kappa shape index (κ2) is 7.67. The van der Waals surface area contributed by atoms with Crippen molar-refractivity contribution in [3.63, 3.8) is 0 Å². The molecule has 1 N–H and O–H groups in total. The predicted octanol–water partition coefficient (Wildman–Crippen LogP) is 2.27. The van der Waals surface area contributed by atoms with Crippen molar-refractivity contribution < 1.29 is 22.3 Å². The fourth-order valence-electron chi connectivity index (χ4n) is 1.72. The molecule has 0 unspecified atom stereocenters. The lowest BCUT2D eigenvalue weighted by Gasteiger charge is -2.13. The van der Waals surface area contributed by atoms with Crippen molar-refractivity contribution >= 4 is 32.2 Å². The van der Waals surface area contributed by atoms with E-state index >= 15 is 0 Å². The molecular weight excluding hydrogens is 357 g/mol. The van der Waals surface area contributed by atoms with E-state index in [1.807, 2.05) is 0 Å². The number of hydrogen-bond acceptors (Lipinski definition) is 7. The summed E-state index contributed by atoms with van der Waals surface area (Å²) in [4.78, 5) is 12.0. The molecule has 1 aromatic carbocycles. The molecule has 24 heavy (non-hydrogen) atoms. The fraction of sp³-hybridized carbons (Fsp3) is 0.357. The van der Waals surface area contributed by atoms with Crippen LogP contribution in [0.3, 0.4) is 0 Å². The number of rotatable bonds is 7. The average molecular weight is 373 g/mol. The van der Waals surface area contributed by atoms with E-state index in [9.17, 15) is 17.6 Å². The van der Waals surface area contributed by atoms with Crippen LogP contribution >= 0.6 is 11.3 Å². The van der Waals surface area contributed by atoms with Crippen LogP contribution in [-0.4, -0.2) is 36.4 Å². The maximum Gasteiger partial charge on any atom is 0.266 e. The summed E-state index contributed by atoms with van der Waals surface area (Å²) >= 11 is 0.786. The number of carbonyl (C=O) groups is 1. The van der Waals surface area contributed by atoms with Crippen LogP contribution in [0.5, 0.6) is 5.75 Å². The first-order chi connectivity index (χ1) is 11.3. The van der Waals surface area contributed by atoms with Gasteiger partial charge in [0.15, 0.2) is 6.10 Å². The Morgan fingerprint density at radius 3 is 2.62 bits per heavy atom. The molecule has 130 valence electrons.